The van der Waals surface area contributed by atoms with E-state index in [-0.39, 0.29) is 5.91 Å². The van der Waals surface area contributed by atoms with Gasteiger partial charge in [0, 0.05) is 47.4 Å². The first-order chi connectivity index (χ1) is 15.6. The number of benzene rings is 1. The average Bonchev–Trinajstić information content (AvgIpc) is 3.41. The van der Waals surface area contributed by atoms with Crippen molar-refractivity contribution >= 4 is 49.0 Å². The molecule has 0 unspecified atom stereocenters. The fraction of sp³-hybridized carbons (Fsp3) is 0.375. The van der Waals surface area contributed by atoms with E-state index < -0.39 is 0 Å². The van der Waals surface area contributed by atoms with Crippen molar-refractivity contribution in [3.05, 3.63) is 47.5 Å². The van der Waals surface area contributed by atoms with Gasteiger partial charge in [0.25, 0.3) is 5.19 Å². The average molecular weight is 465 g/mol. The summed E-state index contributed by atoms with van der Waals surface area (Å²) < 4.78 is 8.31. The van der Waals surface area contributed by atoms with Crippen molar-refractivity contribution in [1.29, 1.82) is 0 Å². The van der Waals surface area contributed by atoms with Crippen LogP contribution in [-0.2, 0) is 11.3 Å². The quantitative estimate of drug-likeness (QED) is 0.432. The minimum atomic E-state index is 0.0903. The molecule has 2 fully saturated rings. The van der Waals surface area contributed by atoms with Gasteiger partial charge in [-0.1, -0.05) is 11.3 Å². The third kappa shape index (κ3) is 3.87. The number of rotatable bonds is 5. The van der Waals surface area contributed by atoms with Crippen molar-refractivity contribution in [2.24, 2.45) is 0 Å². The normalized spacial score (nSPS) is 23.1. The number of hydrogen-bond donors (Lipinski definition) is 1. The van der Waals surface area contributed by atoms with Crippen LogP contribution in [0.1, 0.15) is 37.5 Å². The van der Waals surface area contributed by atoms with Gasteiger partial charge in [0.2, 0.25) is 5.91 Å². The fourth-order valence-electron chi connectivity index (χ4n) is 5.22. The van der Waals surface area contributed by atoms with Crippen LogP contribution >= 0.6 is 22.7 Å². The van der Waals surface area contributed by atoms with Gasteiger partial charge in [-0.05, 0) is 67.5 Å². The van der Waals surface area contributed by atoms with Crippen molar-refractivity contribution in [3.63, 3.8) is 0 Å². The lowest BCUT2D eigenvalue weighted by atomic mass is 9.97. The molecule has 8 heteroatoms. The van der Waals surface area contributed by atoms with E-state index in [0.29, 0.717) is 23.3 Å². The van der Waals surface area contributed by atoms with E-state index in [1.165, 1.54) is 39.1 Å². The number of hydrogen-bond acceptors (Lipinski definition) is 7. The van der Waals surface area contributed by atoms with Gasteiger partial charge in [-0.3, -0.25) is 9.69 Å². The lowest BCUT2D eigenvalue weighted by molar-refractivity contribution is -0.120. The van der Waals surface area contributed by atoms with Gasteiger partial charge in [-0.2, -0.15) is 4.98 Å². The molecule has 3 aromatic heterocycles. The van der Waals surface area contributed by atoms with Gasteiger partial charge in [0.1, 0.15) is 5.75 Å². The number of thiophene rings is 1. The summed E-state index contributed by atoms with van der Waals surface area (Å²) in [6.07, 6.45) is 6.35. The molecule has 2 atom stereocenters. The summed E-state index contributed by atoms with van der Waals surface area (Å²) in [5, 5.41) is 5.01. The summed E-state index contributed by atoms with van der Waals surface area (Å²) in [5.74, 6) is 0.897. The van der Waals surface area contributed by atoms with Crippen LogP contribution in [0, 0.1) is 0 Å². The summed E-state index contributed by atoms with van der Waals surface area (Å²) in [4.78, 5) is 24.3. The number of thiazole rings is 1. The number of carbonyl (C=O) groups is 1. The molecule has 1 N–H and O–H groups in total. The maximum Gasteiger partial charge on any atom is 0.281 e. The minimum Gasteiger partial charge on any atom is -0.431 e. The Balaban J connectivity index is 1.17. The van der Waals surface area contributed by atoms with E-state index >= 15 is 0 Å². The Bertz CT molecular complexity index is 1250. The molecular weight excluding hydrogens is 440 g/mol. The number of piperidine rings is 1. The molecule has 2 bridgehead atoms. The van der Waals surface area contributed by atoms with E-state index in [9.17, 15) is 4.79 Å². The minimum absolute atomic E-state index is 0.0903. The number of aromatic nitrogens is 2. The predicted molar refractivity (Wildman–Crippen MR) is 129 cm³/mol. The second-order valence-corrected chi connectivity index (χ2v) is 10.9. The Labute approximate surface area is 194 Å². The summed E-state index contributed by atoms with van der Waals surface area (Å²) in [6, 6.07) is 14.0. The highest BCUT2D eigenvalue weighted by atomic mass is 32.1. The Morgan fingerprint density at radius 3 is 2.78 bits per heavy atom. The highest BCUT2D eigenvalue weighted by molar-refractivity contribution is 7.20. The Hall–Kier alpha value is -2.55. The SMILES string of the molecule is CC(=O)NC1C[C@H]2CC[C@H](C1)N2Cc1cc2ccc(Oc3nc4ncccc4s3)cc2s1. The van der Waals surface area contributed by atoms with E-state index in [4.69, 9.17) is 4.74 Å². The Kier molecular flexibility index (Phi) is 5.08. The van der Waals surface area contributed by atoms with Crippen LogP contribution in [0.2, 0.25) is 0 Å². The number of amides is 1. The standard InChI is InChI=1S/C24H24N4O2S2/c1-14(29)26-16-10-17-5-6-18(11-16)28(17)13-20-9-15-4-7-19(12-22(15)31-20)30-24-27-23-21(32-24)3-2-8-25-23/h2-4,7-9,12,16-18H,5-6,10-11,13H2,1H3,(H,26,29)/t17-,18-/m1/s1. The number of carbonyl (C=O) groups excluding carboxylic acids is 1. The molecule has 1 amide bonds. The maximum absolute atomic E-state index is 11.5. The first-order valence-corrected chi connectivity index (χ1v) is 12.7. The van der Waals surface area contributed by atoms with Gasteiger partial charge >= 0.3 is 0 Å². The van der Waals surface area contributed by atoms with E-state index in [0.717, 1.165) is 35.5 Å². The number of nitrogens with one attached hydrogen (secondary N) is 1. The van der Waals surface area contributed by atoms with E-state index in [2.05, 4.69) is 38.4 Å². The number of pyridine rings is 1. The summed E-state index contributed by atoms with van der Waals surface area (Å²) in [6.45, 7) is 2.61. The molecule has 2 aliphatic rings. The highest BCUT2D eigenvalue weighted by Gasteiger charge is 2.40. The number of fused-ring (bicyclic) bond motifs is 4. The van der Waals surface area contributed by atoms with Crippen LogP contribution in [0.25, 0.3) is 20.4 Å². The molecule has 2 aliphatic heterocycles. The third-order valence-electron chi connectivity index (χ3n) is 6.52. The summed E-state index contributed by atoms with van der Waals surface area (Å²) in [5.41, 5.74) is 0.726. The molecule has 5 heterocycles. The molecule has 0 saturated carbocycles. The van der Waals surface area contributed by atoms with Crippen LogP contribution in [0.3, 0.4) is 0 Å². The molecule has 0 aliphatic carbocycles. The van der Waals surface area contributed by atoms with Crippen molar-refractivity contribution in [2.45, 2.75) is 57.3 Å². The van der Waals surface area contributed by atoms with Gasteiger partial charge in [0.05, 0.1) is 4.70 Å². The van der Waals surface area contributed by atoms with Crippen LogP contribution in [-0.4, -0.2) is 38.9 Å². The van der Waals surface area contributed by atoms with Crippen molar-refractivity contribution in [2.75, 3.05) is 0 Å². The lowest BCUT2D eigenvalue weighted by Gasteiger charge is -2.38. The maximum atomic E-state index is 11.5. The van der Waals surface area contributed by atoms with Crippen molar-refractivity contribution in [3.8, 4) is 10.9 Å². The smallest absolute Gasteiger partial charge is 0.281 e. The van der Waals surface area contributed by atoms with Gasteiger partial charge in [-0.25, -0.2) is 4.98 Å². The van der Waals surface area contributed by atoms with Gasteiger partial charge < -0.3 is 10.1 Å². The van der Waals surface area contributed by atoms with E-state index in [1.54, 1.807) is 13.1 Å². The molecule has 6 rings (SSSR count). The van der Waals surface area contributed by atoms with Gasteiger partial charge in [0.15, 0.2) is 5.65 Å². The zero-order chi connectivity index (χ0) is 21.7. The Morgan fingerprint density at radius 1 is 1.16 bits per heavy atom. The van der Waals surface area contributed by atoms with Crippen LogP contribution in [0.4, 0.5) is 0 Å². The second-order valence-electron chi connectivity index (χ2n) is 8.75. The molecule has 0 radical (unpaired) electrons. The monoisotopic (exact) mass is 464 g/mol. The van der Waals surface area contributed by atoms with Crippen LogP contribution in [0.5, 0.6) is 10.9 Å². The summed E-state index contributed by atoms with van der Waals surface area (Å²) >= 11 is 3.35. The largest absolute Gasteiger partial charge is 0.431 e. The zero-order valence-electron chi connectivity index (χ0n) is 17.8. The van der Waals surface area contributed by atoms with Gasteiger partial charge in [-0.15, -0.1) is 11.3 Å². The predicted octanol–water partition coefficient (Wildman–Crippen LogP) is 5.33. The molecule has 0 spiro atoms. The third-order valence-corrected chi connectivity index (χ3v) is 8.49. The van der Waals surface area contributed by atoms with Crippen LogP contribution in [0.15, 0.2) is 42.6 Å². The molecule has 6 nitrogen and oxygen atoms in total. The molecule has 32 heavy (non-hydrogen) atoms. The fourth-order valence-corrected chi connectivity index (χ4v) is 7.12. The number of ether oxygens (including phenoxy) is 1. The first-order valence-electron chi connectivity index (χ1n) is 11.1. The molecule has 1 aromatic carbocycles. The topological polar surface area (TPSA) is 67.4 Å². The van der Waals surface area contributed by atoms with Crippen LogP contribution < -0.4 is 10.1 Å². The second kappa shape index (κ2) is 8.10. The van der Waals surface area contributed by atoms with E-state index in [1.807, 2.05) is 29.5 Å². The lowest BCUT2D eigenvalue weighted by Crippen LogP contribution is -2.49. The Morgan fingerprint density at radius 2 is 2.00 bits per heavy atom. The molecular formula is C24H24N4O2S2. The molecule has 2 saturated heterocycles. The molecule has 4 aromatic rings. The summed E-state index contributed by atoms with van der Waals surface area (Å²) in [7, 11) is 0. The molecule has 164 valence electrons. The van der Waals surface area contributed by atoms with Crippen molar-refractivity contribution in [1.82, 2.24) is 20.2 Å². The van der Waals surface area contributed by atoms with Crippen molar-refractivity contribution < 1.29 is 9.53 Å². The number of nitrogens with zero attached hydrogens (tertiary/aromatic N) is 3. The zero-order valence-corrected chi connectivity index (χ0v) is 19.4. The highest BCUT2D eigenvalue weighted by Crippen LogP contribution is 2.39. The first kappa shape index (κ1) is 20.1.